The molecule has 8 nitrogen and oxygen atoms in total. The maximum Gasteiger partial charge on any atom is 0.287 e. The third kappa shape index (κ3) is 4.23. The topological polar surface area (TPSA) is 111 Å². The van der Waals surface area contributed by atoms with Gasteiger partial charge in [0.25, 0.3) is 15.9 Å². The first-order valence-corrected chi connectivity index (χ1v) is 9.00. The van der Waals surface area contributed by atoms with Gasteiger partial charge in [0.1, 0.15) is 10.8 Å². The smallest absolute Gasteiger partial charge is 0.287 e. The number of ketones is 1. The molecule has 0 aromatic carbocycles. The zero-order chi connectivity index (χ0) is 17.3. The molecule has 0 atom stereocenters. The minimum atomic E-state index is -3.93. The predicted molar refractivity (Wildman–Crippen MR) is 83.5 cm³/mol. The van der Waals surface area contributed by atoms with Gasteiger partial charge in [0.15, 0.2) is 11.5 Å². The molecule has 0 saturated heterocycles. The van der Waals surface area contributed by atoms with Crippen LogP contribution >= 0.6 is 11.3 Å². The van der Waals surface area contributed by atoms with Crippen molar-refractivity contribution in [3.8, 4) is 0 Å². The van der Waals surface area contributed by atoms with Crippen LogP contribution in [-0.2, 0) is 21.4 Å². The van der Waals surface area contributed by atoms with Gasteiger partial charge in [0.2, 0.25) is 0 Å². The van der Waals surface area contributed by atoms with Crippen molar-refractivity contribution in [1.29, 1.82) is 0 Å². The second-order valence-electron chi connectivity index (χ2n) is 5.84. The second-order valence-corrected chi connectivity index (χ2v) is 8.70. The summed E-state index contributed by atoms with van der Waals surface area (Å²) in [6.07, 6.45) is 1.24. The molecule has 0 bridgehead atoms. The zero-order valence-electron chi connectivity index (χ0n) is 12.8. The number of sulfonamides is 1. The Bertz CT molecular complexity index is 817. The van der Waals surface area contributed by atoms with Gasteiger partial charge in [-0.2, -0.15) is 0 Å². The van der Waals surface area contributed by atoms with Crippen molar-refractivity contribution < 1.29 is 18.0 Å². The number of carbonyl (C=O) groups is 2. The molecule has 2 aromatic heterocycles. The van der Waals surface area contributed by atoms with Crippen molar-refractivity contribution in [3.05, 3.63) is 29.4 Å². The molecule has 124 valence electrons. The zero-order valence-corrected chi connectivity index (χ0v) is 14.4. The van der Waals surface area contributed by atoms with E-state index in [2.05, 4.69) is 10.3 Å². The largest absolute Gasteiger partial charge is 0.297 e. The third-order valence-corrected chi connectivity index (χ3v) is 5.63. The monoisotopic (exact) mass is 356 g/mol. The van der Waals surface area contributed by atoms with E-state index in [1.54, 1.807) is 32.2 Å². The molecular formula is C13H16N4O4S2. The molecule has 0 radical (unpaired) electrons. The Labute approximate surface area is 137 Å². The molecule has 0 aliphatic carbocycles. The fourth-order valence-electron chi connectivity index (χ4n) is 1.51. The summed E-state index contributed by atoms with van der Waals surface area (Å²) in [5.74, 6) is -0.978. The van der Waals surface area contributed by atoms with E-state index in [1.165, 1.54) is 16.9 Å². The lowest BCUT2D eigenvalue weighted by molar-refractivity contribution is -0.127. The number of Topliss-reactive ketones (excluding diaryl/α,β-unsaturated/α-hetero) is 1. The SMILES string of the molecule is CC(C)(C)C(=O)Cn1cc(C(=O)NS(=O)(=O)c2cccs2)nn1. The number of aromatic nitrogens is 3. The molecule has 23 heavy (non-hydrogen) atoms. The van der Waals surface area contributed by atoms with Crippen LogP contribution in [0.5, 0.6) is 0 Å². The molecule has 10 heteroatoms. The molecule has 2 aromatic rings. The Morgan fingerprint density at radius 2 is 2.04 bits per heavy atom. The molecule has 0 saturated carbocycles. The summed E-state index contributed by atoms with van der Waals surface area (Å²) >= 11 is 0.995. The Balaban J connectivity index is 2.09. The number of amides is 1. The summed E-state index contributed by atoms with van der Waals surface area (Å²) in [6, 6.07) is 2.96. The molecule has 0 fully saturated rings. The minimum absolute atomic E-state index is 0.0288. The maximum absolute atomic E-state index is 12.0. The molecule has 2 heterocycles. The van der Waals surface area contributed by atoms with Gasteiger partial charge in [0.05, 0.1) is 6.20 Å². The summed E-state index contributed by atoms with van der Waals surface area (Å²) in [5, 5.41) is 8.87. The van der Waals surface area contributed by atoms with Gasteiger partial charge in [0, 0.05) is 5.41 Å². The van der Waals surface area contributed by atoms with E-state index in [9.17, 15) is 18.0 Å². The number of nitrogens with zero attached hydrogens (tertiary/aromatic N) is 3. The number of thiophene rings is 1. The maximum atomic E-state index is 12.0. The van der Waals surface area contributed by atoms with Crippen LogP contribution in [0.3, 0.4) is 0 Å². The normalized spacial score (nSPS) is 12.1. The lowest BCUT2D eigenvalue weighted by Crippen LogP contribution is -2.30. The van der Waals surface area contributed by atoms with Gasteiger partial charge >= 0.3 is 0 Å². The van der Waals surface area contributed by atoms with Gasteiger partial charge in [-0.25, -0.2) is 17.8 Å². The fraction of sp³-hybridized carbons (Fsp3) is 0.385. The Morgan fingerprint density at radius 3 is 2.61 bits per heavy atom. The standard InChI is InChI=1S/C13H16N4O4S2/c1-13(2,3)10(18)8-17-7-9(14-16-17)12(19)15-23(20,21)11-5-4-6-22-11/h4-7H,8H2,1-3H3,(H,15,19). The highest BCUT2D eigenvalue weighted by atomic mass is 32.2. The predicted octanol–water partition coefficient (Wildman–Crippen LogP) is 1.07. The Kier molecular flexibility index (Phi) is 4.66. The van der Waals surface area contributed by atoms with Crippen LogP contribution in [0.1, 0.15) is 31.3 Å². The van der Waals surface area contributed by atoms with Crippen LogP contribution in [0.4, 0.5) is 0 Å². The minimum Gasteiger partial charge on any atom is -0.297 e. The van der Waals surface area contributed by atoms with E-state index in [0.717, 1.165) is 11.3 Å². The first-order chi connectivity index (χ1) is 10.6. The Morgan fingerprint density at radius 1 is 1.35 bits per heavy atom. The molecule has 2 rings (SSSR count). The third-order valence-electron chi connectivity index (χ3n) is 2.90. The van der Waals surface area contributed by atoms with Gasteiger partial charge in [-0.05, 0) is 11.4 Å². The summed E-state index contributed by atoms with van der Waals surface area (Å²) in [6.45, 7) is 5.27. The summed E-state index contributed by atoms with van der Waals surface area (Å²) in [5.41, 5.74) is -0.719. The van der Waals surface area contributed by atoms with Crippen molar-refractivity contribution in [2.45, 2.75) is 31.5 Å². The molecule has 0 aliphatic heterocycles. The first kappa shape index (κ1) is 17.3. The van der Waals surface area contributed by atoms with Crippen LogP contribution in [0.2, 0.25) is 0 Å². The highest BCUT2D eigenvalue weighted by Crippen LogP contribution is 2.16. The van der Waals surface area contributed by atoms with Crippen molar-refractivity contribution in [2.24, 2.45) is 5.41 Å². The summed E-state index contributed by atoms with van der Waals surface area (Å²) in [4.78, 5) is 23.9. The summed E-state index contributed by atoms with van der Waals surface area (Å²) in [7, 11) is -3.93. The van der Waals surface area contributed by atoms with Crippen molar-refractivity contribution in [3.63, 3.8) is 0 Å². The average molecular weight is 356 g/mol. The molecule has 1 N–H and O–H groups in total. The highest BCUT2D eigenvalue weighted by molar-refractivity contribution is 7.92. The van der Waals surface area contributed by atoms with Crippen LogP contribution in [-0.4, -0.2) is 35.1 Å². The van der Waals surface area contributed by atoms with Crippen molar-refractivity contribution >= 4 is 33.1 Å². The van der Waals surface area contributed by atoms with Crippen LogP contribution in [0.15, 0.2) is 27.9 Å². The van der Waals surface area contributed by atoms with E-state index >= 15 is 0 Å². The molecule has 0 unspecified atom stereocenters. The fourth-order valence-corrected chi connectivity index (χ4v) is 3.46. The number of rotatable bonds is 5. The molecule has 0 spiro atoms. The van der Waals surface area contributed by atoms with Crippen LogP contribution in [0.25, 0.3) is 0 Å². The van der Waals surface area contributed by atoms with E-state index in [1.807, 2.05) is 4.72 Å². The highest BCUT2D eigenvalue weighted by Gasteiger charge is 2.24. The van der Waals surface area contributed by atoms with E-state index in [-0.39, 0.29) is 22.2 Å². The van der Waals surface area contributed by atoms with Crippen molar-refractivity contribution in [1.82, 2.24) is 19.7 Å². The second kappa shape index (κ2) is 6.20. The molecule has 0 aliphatic rings. The van der Waals surface area contributed by atoms with Gasteiger partial charge in [-0.3, -0.25) is 9.59 Å². The number of hydrogen-bond donors (Lipinski definition) is 1. The average Bonchev–Trinajstić information content (AvgIpc) is 3.08. The van der Waals surface area contributed by atoms with Gasteiger partial charge in [-0.15, -0.1) is 16.4 Å². The summed E-state index contributed by atoms with van der Waals surface area (Å²) < 4.78 is 27.1. The van der Waals surface area contributed by atoms with Gasteiger partial charge < -0.3 is 0 Å². The first-order valence-electron chi connectivity index (χ1n) is 6.64. The number of nitrogens with one attached hydrogen (secondary N) is 1. The van der Waals surface area contributed by atoms with Crippen molar-refractivity contribution in [2.75, 3.05) is 0 Å². The van der Waals surface area contributed by atoms with Crippen LogP contribution in [0, 0.1) is 5.41 Å². The van der Waals surface area contributed by atoms with E-state index < -0.39 is 21.3 Å². The lowest BCUT2D eigenvalue weighted by atomic mass is 9.91. The lowest BCUT2D eigenvalue weighted by Gasteiger charge is -2.15. The quantitative estimate of drug-likeness (QED) is 0.858. The molecular weight excluding hydrogens is 340 g/mol. The number of carbonyl (C=O) groups excluding carboxylic acids is 2. The Hall–Kier alpha value is -2.07. The molecule has 1 amide bonds. The van der Waals surface area contributed by atoms with E-state index in [0.29, 0.717) is 0 Å². The van der Waals surface area contributed by atoms with Crippen LogP contribution < -0.4 is 4.72 Å². The van der Waals surface area contributed by atoms with E-state index in [4.69, 9.17) is 0 Å². The van der Waals surface area contributed by atoms with Gasteiger partial charge in [-0.1, -0.05) is 32.1 Å². The number of hydrogen-bond acceptors (Lipinski definition) is 7.